The van der Waals surface area contributed by atoms with Crippen molar-refractivity contribution in [2.45, 2.75) is 27.7 Å². The third-order valence-corrected chi connectivity index (χ3v) is 5.19. The van der Waals surface area contributed by atoms with Crippen LogP contribution in [0.2, 0.25) is 0 Å². The van der Waals surface area contributed by atoms with Crippen LogP contribution in [0.5, 0.6) is 0 Å². The third kappa shape index (κ3) is 3.84. The molecule has 2 rings (SSSR count). The molecule has 0 aromatic heterocycles. The van der Waals surface area contributed by atoms with E-state index in [-0.39, 0.29) is 4.90 Å². The van der Waals surface area contributed by atoms with Gasteiger partial charge in [-0.15, -0.1) is 0 Å². The van der Waals surface area contributed by atoms with Crippen molar-refractivity contribution in [3.63, 3.8) is 0 Å². The van der Waals surface area contributed by atoms with Crippen LogP contribution in [0.4, 0.5) is 4.39 Å². The van der Waals surface area contributed by atoms with E-state index in [0.717, 1.165) is 18.0 Å². The molecular weight excluding hydrogens is 311 g/mol. The maximum absolute atomic E-state index is 13.9. The van der Waals surface area contributed by atoms with Crippen LogP contribution in [-0.4, -0.2) is 19.8 Å². The van der Waals surface area contributed by atoms with E-state index >= 15 is 0 Å². The molecule has 0 heterocycles. The largest absolute Gasteiger partial charge is 0.389 e. The van der Waals surface area contributed by atoms with Crippen molar-refractivity contribution in [1.29, 1.82) is 0 Å². The van der Waals surface area contributed by atoms with Gasteiger partial charge in [0, 0.05) is 11.2 Å². The molecule has 2 aromatic rings. The van der Waals surface area contributed by atoms with E-state index in [1.54, 1.807) is 31.2 Å². The van der Waals surface area contributed by atoms with Crippen LogP contribution in [-0.2, 0) is 9.84 Å². The summed E-state index contributed by atoms with van der Waals surface area (Å²) in [6.07, 6.45) is 0.357. The maximum Gasteiger partial charge on any atom is 0.175 e. The minimum atomic E-state index is -3.25. The summed E-state index contributed by atoms with van der Waals surface area (Å²) in [7, 11) is -3.25. The molecule has 0 radical (unpaired) electrons. The van der Waals surface area contributed by atoms with Gasteiger partial charge in [-0.1, -0.05) is 23.9 Å². The highest BCUT2D eigenvalue weighted by Crippen LogP contribution is 2.35. The topological polar surface area (TPSA) is 54.4 Å². The average molecular weight is 326 g/mol. The van der Waals surface area contributed by atoms with Crippen molar-refractivity contribution in [1.82, 2.24) is 0 Å². The van der Waals surface area contributed by atoms with Crippen LogP contribution in [0.1, 0.15) is 18.6 Å². The second kappa shape index (κ2) is 6.17. The molecule has 0 aliphatic carbocycles. The van der Waals surface area contributed by atoms with Gasteiger partial charge in [0.1, 0.15) is 5.82 Å². The Morgan fingerprint density at radius 2 is 1.76 bits per heavy atom. The molecule has 1 N–H and O–H groups in total. The van der Waals surface area contributed by atoms with Crippen molar-refractivity contribution in [2.24, 2.45) is 0 Å². The first-order chi connectivity index (χ1) is 9.79. The van der Waals surface area contributed by atoms with E-state index in [9.17, 15) is 17.9 Å². The number of sulfone groups is 1. The fourth-order valence-electron chi connectivity index (χ4n) is 1.83. The van der Waals surface area contributed by atoms with Gasteiger partial charge in [0.05, 0.1) is 15.9 Å². The first-order valence-corrected chi connectivity index (χ1v) is 8.94. The Kier molecular flexibility index (Phi) is 4.70. The van der Waals surface area contributed by atoms with Gasteiger partial charge in [-0.05, 0) is 42.8 Å². The number of hydrogen-bond donors (Lipinski definition) is 1. The number of aliphatic hydroxyl groups is 1. The molecule has 21 heavy (non-hydrogen) atoms. The molecule has 112 valence electrons. The van der Waals surface area contributed by atoms with Gasteiger partial charge in [0.25, 0.3) is 0 Å². The molecule has 0 saturated carbocycles. The van der Waals surface area contributed by atoms with Gasteiger partial charge < -0.3 is 5.11 Å². The predicted molar refractivity (Wildman–Crippen MR) is 80.7 cm³/mol. The number of rotatable bonds is 4. The number of benzene rings is 2. The molecule has 0 bridgehead atoms. The van der Waals surface area contributed by atoms with E-state index in [2.05, 4.69) is 0 Å². The Balaban J connectivity index is 2.35. The normalized spacial score (nSPS) is 13.1. The highest BCUT2D eigenvalue weighted by Gasteiger charge is 2.14. The first-order valence-electron chi connectivity index (χ1n) is 6.23. The second-order valence-corrected chi connectivity index (χ2v) is 7.78. The summed E-state index contributed by atoms with van der Waals surface area (Å²) in [5.74, 6) is -0.411. The van der Waals surface area contributed by atoms with E-state index in [1.165, 1.54) is 18.2 Å². The van der Waals surface area contributed by atoms with Crippen molar-refractivity contribution in [3.05, 3.63) is 53.8 Å². The molecule has 0 aliphatic rings. The van der Waals surface area contributed by atoms with Gasteiger partial charge in [0.2, 0.25) is 0 Å². The molecule has 0 amide bonds. The lowest BCUT2D eigenvalue weighted by atomic mass is 10.1. The van der Waals surface area contributed by atoms with E-state index in [0.29, 0.717) is 15.4 Å². The van der Waals surface area contributed by atoms with E-state index in [1.807, 2.05) is 0 Å². The maximum atomic E-state index is 13.9. The lowest BCUT2D eigenvalue weighted by Crippen LogP contribution is -1.97. The van der Waals surface area contributed by atoms with Crippen LogP contribution in [0, 0.1) is 5.82 Å². The first kappa shape index (κ1) is 16.0. The monoisotopic (exact) mass is 326 g/mol. The van der Waals surface area contributed by atoms with Crippen LogP contribution in [0.3, 0.4) is 0 Å². The zero-order chi connectivity index (χ0) is 15.6. The summed E-state index contributed by atoms with van der Waals surface area (Å²) in [4.78, 5) is 1.27. The minimum Gasteiger partial charge on any atom is -0.389 e. The summed E-state index contributed by atoms with van der Waals surface area (Å²) in [6, 6.07) is 10.8. The SMILES string of the molecule is C[C@H](O)c1cccc(F)c1Sc1ccc(S(C)(=O)=O)cc1. The lowest BCUT2D eigenvalue weighted by Gasteiger charge is -2.12. The zero-order valence-electron chi connectivity index (χ0n) is 11.6. The van der Waals surface area contributed by atoms with Crippen LogP contribution < -0.4 is 0 Å². The number of halogens is 1. The average Bonchev–Trinajstić information content (AvgIpc) is 2.40. The van der Waals surface area contributed by atoms with Crippen molar-refractivity contribution in [2.75, 3.05) is 6.26 Å². The van der Waals surface area contributed by atoms with Gasteiger partial charge in [-0.3, -0.25) is 0 Å². The summed E-state index contributed by atoms with van der Waals surface area (Å²) in [5.41, 5.74) is 0.507. The second-order valence-electron chi connectivity index (χ2n) is 4.68. The van der Waals surface area contributed by atoms with Gasteiger partial charge in [-0.25, -0.2) is 12.8 Å². The summed E-state index contributed by atoms with van der Waals surface area (Å²) >= 11 is 1.16. The van der Waals surface area contributed by atoms with Crippen molar-refractivity contribution in [3.8, 4) is 0 Å². The fraction of sp³-hybridized carbons (Fsp3) is 0.200. The Labute approximate surface area is 127 Å². The summed E-state index contributed by atoms with van der Waals surface area (Å²) in [5, 5.41) is 9.70. The Bertz CT molecular complexity index is 738. The molecule has 0 unspecified atom stereocenters. The smallest absolute Gasteiger partial charge is 0.175 e. The van der Waals surface area contributed by atoms with Crippen molar-refractivity contribution < 1.29 is 17.9 Å². The molecule has 3 nitrogen and oxygen atoms in total. The molecule has 0 spiro atoms. The predicted octanol–water partition coefficient (Wildman–Crippen LogP) is 3.43. The highest BCUT2D eigenvalue weighted by atomic mass is 32.2. The van der Waals surface area contributed by atoms with Gasteiger partial charge in [0.15, 0.2) is 9.84 Å². The van der Waals surface area contributed by atoms with Crippen molar-refractivity contribution >= 4 is 21.6 Å². The fourth-order valence-corrected chi connectivity index (χ4v) is 3.50. The number of hydrogen-bond acceptors (Lipinski definition) is 4. The highest BCUT2D eigenvalue weighted by molar-refractivity contribution is 7.99. The van der Waals surface area contributed by atoms with Crippen LogP contribution in [0.15, 0.2) is 57.2 Å². The standard InChI is InChI=1S/C15H15FO3S2/c1-10(17)13-4-3-5-14(16)15(13)20-11-6-8-12(9-7-11)21(2,18)19/h3-10,17H,1-2H3/t10-/m0/s1. The van der Waals surface area contributed by atoms with E-state index in [4.69, 9.17) is 0 Å². The summed E-state index contributed by atoms with van der Waals surface area (Å²) < 4.78 is 36.7. The van der Waals surface area contributed by atoms with Crippen LogP contribution in [0.25, 0.3) is 0 Å². The zero-order valence-corrected chi connectivity index (χ0v) is 13.2. The lowest BCUT2D eigenvalue weighted by molar-refractivity contribution is 0.195. The third-order valence-electron chi connectivity index (χ3n) is 2.92. The van der Waals surface area contributed by atoms with Gasteiger partial charge >= 0.3 is 0 Å². The minimum absolute atomic E-state index is 0.219. The molecule has 6 heteroatoms. The number of aliphatic hydroxyl groups excluding tert-OH is 1. The molecule has 1 atom stereocenters. The molecule has 0 saturated heterocycles. The molecule has 0 aliphatic heterocycles. The Hall–Kier alpha value is -1.37. The quantitative estimate of drug-likeness (QED) is 0.935. The van der Waals surface area contributed by atoms with E-state index < -0.39 is 21.8 Å². The Morgan fingerprint density at radius 3 is 2.29 bits per heavy atom. The summed E-state index contributed by atoms with van der Waals surface area (Å²) in [6.45, 7) is 1.57. The molecule has 2 aromatic carbocycles. The molecule has 0 fully saturated rings. The molecular formula is C15H15FO3S2. The Morgan fingerprint density at radius 1 is 1.14 bits per heavy atom. The van der Waals surface area contributed by atoms with Crippen LogP contribution >= 0.6 is 11.8 Å². The van der Waals surface area contributed by atoms with Gasteiger partial charge in [-0.2, -0.15) is 0 Å².